The molecule has 6 nitrogen and oxygen atoms in total. The Hall–Kier alpha value is -0.239. The summed E-state index contributed by atoms with van der Waals surface area (Å²) in [5.41, 5.74) is -1.63. The van der Waals surface area contributed by atoms with Crippen LogP contribution in [0.1, 0.15) is 313 Å². The second-order valence-electron chi connectivity index (χ2n) is 18.9. The smallest absolute Gasteiger partial charge is 0.550 e. The fourth-order valence-corrected chi connectivity index (χ4v) is 8.87. The minimum Gasteiger partial charge on any atom is -0.550 e. The van der Waals surface area contributed by atoms with Crippen LogP contribution in [0.4, 0.5) is 0 Å². The van der Waals surface area contributed by atoms with Gasteiger partial charge in [0.25, 0.3) is 0 Å². The summed E-state index contributed by atoms with van der Waals surface area (Å²) in [4.78, 5) is 35.1. The number of carbonyl (C=O) groups excluding carboxylic acids is 3. The van der Waals surface area contributed by atoms with Crippen molar-refractivity contribution >= 4 is 17.9 Å². The Morgan fingerprint density at radius 3 is 0.525 bits per heavy atom. The molecule has 0 aromatic carbocycles. The van der Waals surface area contributed by atoms with Crippen LogP contribution >= 0.6 is 0 Å². The topological polar surface area (TPSA) is 120 Å². The summed E-state index contributed by atoms with van der Waals surface area (Å²) >= 11 is 0. The van der Waals surface area contributed by atoms with Gasteiger partial charge in [0.05, 0.1) is 0 Å². The van der Waals surface area contributed by atoms with Crippen LogP contribution in [0, 0.1) is 57.1 Å². The van der Waals surface area contributed by atoms with Gasteiger partial charge in [0.1, 0.15) is 0 Å². The maximum atomic E-state index is 11.7. The van der Waals surface area contributed by atoms with Gasteiger partial charge >= 0.3 is 40.8 Å². The fourth-order valence-electron chi connectivity index (χ4n) is 8.87. The number of carboxylic acids is 3. The first-order valence-electron chi connectivity index (χ1n) is 26.5. The molecule has 61 heavy (non-hydrogen) atoms. The Morgan fingerprint density at radius 1 is 0.246 bits per heavy atom. The van der Waals surface area contributed by atoms with Crippen molar-refractivity contribution in [1.29, 1.82) is 0 Å². The van der Waals surface area contributed by atoms with E-state index in [1.54, 1.807) is 0 Å². The number of hydrogen-bond donors (Lipinski definition) is 0. The Labute approximate surface area is 414 Å². The first kappa shape index (κ1) is 67.4. The van der Waals surface area contributed by atoms with E-state index in [-0.39, 0.29) is 40.8 Å². The largest absolute Gasteiger partial charge is 3.00 e. The van der Waals surface area contributed by atoms with Gasteiger partial charge in [-0.2, -0.15) is 0 Å². The normalized spacial score (nSPS) is 11.6. The van der Waals surface area contributed by atoms with Gasteiger partial charge in [0.2, 0.25) is 0 Å². The number of aliphatic carboxylic acids is 3. The van der Waals surface area contributed by atoms with E-state index in [1.165, 1.54) is 96.3 Å². The van der Waals surface area contributed by atoms with Crippen molar-refractivity contribution < 1.29 is 70.5 Å². The third-order valence-corrected chi connectivity index (χ3v) is 13.4. The maximum absolute atomic E-state index is 11.7. The molecule has 0 aromatic rings. The Kier molecular flexibility index (Phi) is 52.7. The zero-order valence-corrected chi connectivity index (χ0v) is 45.7. The summed E-state index contributed by atoms with van der Waals surface area (Å²) in [6.07, 6.45) is 41.7. The van der Waals surface area contributed by atoms with Crippen LogP contribution in [0.5, 0.6) is 0 Å². The first-order chi connectivity index (χ1) is 28.9. The summed E-state index contributed by atoms with van der Waals surface area (Å²) in [6.45, 7) is 19.4. The second kappa shape index (κ2) is 47.7. The van der Waals surface area contributed by atoms with Crippen LogP contribution in [0.25, 0.3) is 0 Å². The van der Waals surface area contributed by atoms with Gasteiger partial charge in [-0.15, -0.1) is 0 Å². The third-order valence-electron chi connectivity index (χ3n) is 13.4. The number of hydrogen-bond acceptors (Lipinski definition) is 6. The molecule has 0 fully saturated rings. The summed E-state index contributed by atoms with van der Waals surface area (Å²) < 4.78 is 0. The molecule has 0 bridgehead atoms. The predicted octanol–water partition coefficient (Wildman–Crippen LogP) is 14.6. The van der Waals surface area contributed by atoms with Crippen LogP contribution in [0.2, 0.25) is 0 Å². The van der Waals surface area contributed by atoms with E-state index in [0.717, 1.165) is 154 Å². The van der Waals surface area contributed by atoms with Gasteiger partial charge in [-0.1, -0.05) is 255 Å². The molecule has 0 heterocycles. The zero-order chi connectivity index (χ0) is 45.8. The average Bonchev–Trinajstić information content (AvgIpc) is 3.24. The standard InChI is InChI=1S/3C18H36O2.Nd/c3*1-4-7-10-11-12-13-16-18(17(19)20,14-8-5-2)15-9-6-3;/h3*4-16H2,1-3H3,(H,19,20);/q;;;+3/p-3. The van der Waals surface area contributed by atoms with E-state index >= 15 is 0 Å². The molecule has 0 aliphatic heterocycles. The minimum atomic E-state index is -0.798. The van der Waals surface area contributed by atoms with Crippen molar-refractivity contribution in [1.82, 2.24) is 0 Å². The monoisotopic (exact) mass is 992 g/mol. The van der Waals surface area contributed by atoms with Gasteiger partial charge in [0.15, 0.2) is 0 Å². The van der Waals surface area contributed by atoms with Gasteiger partial charge in [-0.05, 0) is 57.8 Å². The molecule has 0 saturated carbocycles. The van der Waals surface area contributed by atoms with E-state index in [9.17, 15) is 29.7 Å². The van der Waals surface area contributed by atoms with E-state index < -0.39 is 34.2 Å². The molecule has 7 heteroatoms. The van der Waals surface area contributed by atoms with Crippen molar-refractivity contribution in [2.45, 2.75) is 313 Å². The molecule has 0 rings (SSSR count). The quantitative estimate of drug-likeness (QED) is 0.0562. The average molecular weight is 995 g/mol. The molecular weight excluding hydrogens is 889 g/mol. The Morgan fingerprint density at radius 2 is 0.377 bits per heavy atom. The Bertz CT molecular complexity index is 809. The number of rotatable bonds is 42. The van der Waals surface area contributed by atoms with E-state index in [0.29, 0.717) is 0 Å². The van der Waals surface area contributed by atoms with Crippen molar-refractivity contribution in [3.05, 3.63) is 0 Å². The molecule has 0 atom stereocenters. The maximum Gasteiger partial charge on any atom is 3.00 e. The molecule has 0 aliphatic rings. The summed E-state index contributed by atoms with van der Waals surface area (Å²) in [5.74, 6) is -2.39. The molecule has 361 valence electrons. The molecule has 0 aliphatic carbocycles. The molecule has 0 spiro atoms. The predicted molar refractivity (Wildman–Crippen MR) is 253 cm³/mol. The molecular formula is C54H105NdO6. The third kappa shape index (κ3) is 35.7. The van der Waals surface area contributed by atoms with Gasteiger partial charge < -0.3 is 29.7 Å². The summed E-state index contributed by atoms with van der Waals surface area (Å²) in [7, 11) is 0. The van der Waals surface area contributed by atoms with Gasteiger partial charge in [0, 0.05) is 34.2 Å². The van der Waals surface area contributed by atoms with Crippen LogP contribution in [0.15, 0.2) is 0 Å². The fraction of sp³-hybridized carbons (Fsp3) is 0.944. The molecule has 0 saturated heterocycles. The van der Waals surface area contributed by atoms with Crippen LogP contribution in [-0.2, 0) is 14.4 Å². The number of unbranched alkanes of at least 4 members (excludes halogenated alkanes) is 21. The molecule has 0 unspecified atom stereocenters. The van der Waals surface area contributed by atoms with E-state index in [2.05, 4.69) is 62.3 Å². The van der Waals surface area contributed by atoms with Crippen molar-refractivity contribution in [3.8, 4) is 0 Å². The molecule has 0 aromatic heterocycles. The minimum absolute atomic E-state index is 0. The molecule has 0 N–H and O–H groups in total. The molecule has 0 amide bonds. The Balaban J connectivity index is -0.000000396. The van der Waals surface area contributed by atoms with E-state index in [1.807, 2.05) is 0 Å². The number of carbonyl (C=O) groups is 3. The van der Waals surface area contributed by atoms with E-state index in [4.69, 9.17) is 0 Å². The van der Waals surface area contributed by atoms with Gasteiger partial charge in [-0.25, -0.2) is 0 Å². The van der Waals surface area contributed by atoms with Crippen LogP contribution < -0.4 is 15.3 Å². The summed E-state index contributed by atoms with van der Waals surface area (Å²) in [6, 6.07) is 0. The van der Waals surface area contributed by atoms with Gasteiger partial charge in [-0.3, -0.25) is 0 Å². The summed E-state index contributed by atoms with van der Waals surface area (Å²) in [5, 5.41) is 35.1. The SMILES string of the molecule is CCCCCCCCC(CCCC)(CCCC)C(=O)[O-].CCCCCCCCC(CCCC)(CCCC)C(=O)[O-].CCCCCCCCC(CCCC)(CCCC)C(=O)[O-].[Nd+3]. The van der Waals surface area contributed by atoms with Crippen molar-refractivity contribution in [2.75, 3.05) is 0 Å². The second-order valence-corrected chi connectivity index (χ2v) is 18.9. The van der Waals surface area contributed by atoms with Crippen LogP contribution in [0.3, 0.4) is 0 Å². The van der Waals surface area contributed by atoms with Crippen LogP contribution in [-0.4, -0.2) is 17.9 Å². The van der Waals surface area contributed by atoms with Crippen molar-refractivity contribution in [2.24, 2.45) is 16.2 Å². The van der Waals surface area contributed by atoms with Crippen molar-refractivity contribution in [3.63, 3.8) is 0 Å². The first-order valence-corrected chi connectivity index (χ1v) is 26.5. The number of carboxylic acid groups (broad SMARTS) is 3. The zero-order valence-electron chi connectivity index (χ0n) is 42.5. The molecule has 1 radical (unpaired) electrons.